The molecule has 2 aliphatic rings. The largest absolute Gasteiger partial charge is 0.478 e. The molecule has 0 bridgehead atoms. The maximum atomic E-state index is 13.3. The number of amides is 4. The van der Waals surface area contributed by atoms with Crippen molar-refractivity contribution in [2.75, 3.05) is 11.9 Å². The summed E-state index contributed by atoms with van der Waals surface area (Å²) >= 11 is 12.5. The molecule has 4 rings (SSSR count). The number of benzene rings is 1. The van der Waals surface area contributed by atoms with Crippen molar-refractivity contribution >= 4 is 46.9 Å². The van der Waals surface area contributed by atoms with Crippen LogP contribution in [-0.2, 0) is 0 Å². The van der Waals surface area contributed by atoms with Crippen LogP contribution < -0.4 is 15.4 Å². The number of carboxylic acid groups (broad SMARTS) is 1. The highest BCUT2D eigenvalue weighted by atomic mass is 35.5. The SMILES string of the molecule is CC(C)N1C(=O)NC(Nc2ccc(Oc3ccc(C(=O)O)cn3)c(Cl)c2)N(CC2C=CC(Cl)=CC2)C1=O. The van der Waals surface area contributed by atoms with Gasteiger partial charge in [-0.1, -0.05) is 35.4 Å². The van der Waals surface area contributed by atoms with Crippen LogP contribution in [0.25, 0.3) is 0 Å². The second kappa shape index (κ2) is 11.1. The summed E-state index contributed by atoms with van der Waals surface area (Å²) in [4.78, 5) is 43.7. The molecule has 1 aliphatic heterocycles. The van der Waals surface area contributed by atoms with E-state index in [2.05, 4.69) is 15.6 Å². The van der Waals surface area contributed by atoms with Gasteiger partial charge in [-0.3, -0.25) is 10.2 Å². The van der Waals surface area contributed by atoms with E-state index in [9.17, 15) is 14.4 Å². The van der Waals surface area contributed by atoms with Crippen LogP contribution in [0, 0.1) is 5.92 Å². The van der Waals surface area contributed by atoms with Crippen molar-refractivity contribution in [1.29, 1.82) is 0 Å². The molecular weight excluding hydrogens is 521 g/mol. The van der Waals surface area contributed by atoms with Gasteiger partial charge in [0.05, 0.1) is 10.6 Å². The van der Waals surface area contributed by atoms with E-state index in [0.717, 1.165) is 0 Å². The summed E-state index contributed by atoms with van der Waals surface area (Å²) in [6, 6.07) is 6.44. The van der Waals surface area contributed by atoms with E-state index in [0.29, 0.717) is 29.4 Å². The molecule has 2 heterocycles. The molecule has 3 N–H and O–H groups in total. The van der Waals surface area contributed by atoms with E-state index in [-0.39, 0.29) is 28.4 Å². The van der Waals surface area contributed by atoms with Crippen molar-refractivity contribution in [2.45, 2.75) is 32.6 Å². The van der Waals surface area contributed by atoms with Crippen molar-refractivity contribution in [3.8, 4) is 11.6 Å². The Balaban J connectivity index is 1.51. The fourth-order valence-electron chi connectivity index (χ4n) is 3.89. The Kier molecular flexibility index (Phi) is 7.89. The van der Waals surface area contributed by atoms with Crippen molar-refractivity contribution in [3.63, 3.8) is 0 Å². The number of carbonyl (C=O) groups is 3. The van der Waals surface area contributed by atoms with Crippen LogP contribution >= 0.6 is 23.2 Å². The summed E-state index contributed by atoms with van der Waals surface area (Å²) < 4.78 is 5.67. The number of nitrogens with zero attached hydrogens (tertiary/aromatic N) is 3. The van der Waals surface area contributed by atoms with Crippen molar-refractivity contribution in [2.24, 2.45) is 5.92 Å². The van der Waals surface area contributed by atoms with E-state index in [4.69, 9.17) is 33.0 Å². The van der Waals surface area contributed by atoms with Gasteiger partial charge in [-0.15, -0.1) is 0 Å². The standard InChI is InChI=1S/C25H25Cl2N5O5/c1-14(2)32-24(35)30-23(31(25(32)36)13-15-3-6-17(26)7-4-15)29-18-8-9-20(19(27)11-18)37-21-10-5-16(12-28-21)22(33)34/h3,5-12,14-15,23,29H,4,13H2,1-2H3,(H,30,35)(H,33,34). The zero-order valence-electron chi connectivity index (χ0n) is 20.0. The molecule has 4 amide bonds. The number of hydrogen-bond donors (Lipinski definition) is 3. The maximum Gasteiger partial charge on any atom is 0.337 e. The van der Waals surface area contributed by atoms with Gasteiger partial charge in [-0.05, 0) is 56.5 Å². The predicted octanol–water partition coefficient (Wildman–Crippen LogP) is 5.48. The van der Waals surface area contributed by atoms with Crippen molar-refractivity contribution < 1.29 is 24.2 Å². The number of aromatic nitrogens is 1. The van der Waals surface area contributed by atoms with E-state index < -0.39 is 24.3 Å². The number of anilines is 1. The highest BCUT2D eigenvalue weighted by molar-refractivity contribution is 6.32. The molecule has 10 nitrogen and oxygen atoms in total. The maximum absolute atomic E-state index is 13.3. The number of hydrogen-bond acceptors (Lipinski definition) is 6. The molecular formula is C25H25Cl2N5O5. The fourth-order valence-corrected chi connectivity index (χ4v) is 4.27. The zero-order valence-corrected chi connectivity index (χ0v) is 21.5. The molecule has 2 atom stereocenters. The number of aromatic carboxylic acids is 1. The topological polar surface area (TPSA) is 124 Å². The average Bonchev–Trinajstić information content (AvgIpc) is 2.84. The molecule has 12 heteroatoms. The number of imide groups is 1. The Morgan fingerprint density at radius 1 is 1.27 bits per heavy atom. The smallest absolute Gasteiger partial charge is 0.337 e. The molecule has 2 unspecified atom stereocenters. The lowest BCUT2D eigenvalue weighted by molar-refractivity contribution is 0.0696. The number of halogens is 2. The van der Waals surface area contributed by atoms with Crippen LogP contribution in [0.3, 0.4) is 0 Å². The Labute approximate surface area is 223 Å². The summed E-state index contributed by atoms with van der Waals surface area (Å²) in [5, 5.41) is 15.9. The van der Waals surface area contributed by atoms with Gasteiger partial charge in [-0.25, -0.2) is 24.3 Å². The second-order valence-electron chi connectivity index (χ2n) is 8.78. The van der Waals surface area contributed by atoms with E-state index in [1.807, 2.05) is 12.2 Å². The molecule has 2 aromatic rings. The number of ether oxygens (including phenoxy) is 1. The quantitative estimate of drug-likeness (QED) is 0.401. The number of carboxylic acids is 1. The third-order valence-corrected chi connectivity index (χ3v) is 6.34. The van der Waals surface area contributed by atoms with Gasteiger partial charge in [0.15, 0.2) is 6.29 Å². The first-order valence-electron chi connectivity index (χ1n) is 11.5. The normalized spacial score (nSPS) is 19.5. The van der Waals surface area contributed by atoms with Crippen LogP contribution in [0.4, 0.5) is 15.3 Å². The van der Waals surface area contributed by atoms with Gasteiger partial charge in [0.2, 0.25) is 5.88 Å². The third kappa shape index (κ3) is 6.15. The number of pyridine rings is 1. The minimum Gasteiger partial charge on any atom is -0.478 e. The summed E-state index contributed by atoms with van der Waals surface area (Å²) in [6.45, 7) is 3.90. The van der Waals surface area contributed by atoms with Gasteiger partial charge in [-0.2, -0.15) is 0 Å². The van der Waals surface area contributed by atoms with E-state index >= 15 is 0 Å². The number of urea groups is 2. The first kappa shape index (κ1) is 26.3. The van der Waals surface area contributed by atoms with Crippen LogP contribution in [-0.4, -0.2) is 56.8 Å². The Morgan fingerprint density at radius 2 is 2.05 bits per heavy atom. The Morgan fingerprint density at radius 3 is 2.65 bits per heavy atom. The molecule has 1 aliphatic carbocycles. The Hall–Kier alpha value is -3.76. The third-order valence-electron chi connectivity index (χ3n) is 5.77. The van der Waals surface area contributed by atoms with Crippen molar-refractivity contribution in [3.05, 3.63) is 70.4 Å². The fraction of sp³-hybridized carbons (Fsp3) is 0.280. The molecule has 194 valence electrons. The highest BCUT2D eigenvalue weighted by Gasteiger charge is 2.40. The molecule has 0 radical (unpaired) electrons. The summed E-state index contributed by atoms with van der Waals surface area (Å²) in [5.74, 6) is -0.594. The van der Waals surface area contributed by atoms with E-state index in [1.54, 1.807) is 43.0 Å². The lowest BCUT2D eigenvalue weighted by Gasteiger charge is -2.43. The molecule has 0 spiro atoms. The first-order valence-corrected chi connectivity index (χ1v) is 12.3. The molecule has 37 heavy (non-hydrogen) atoms. The average molecular weight is 546 g/mol. The summed E-state index contributed by atoms with van der Waals surface area (Å²) in [5.41, 5.74) is 0.570. The predicted molar refractivity (Wildman–Crippen MR) is 139 cm³/mol. The lowest BCUT2D eigenvalue weighted by atomic mass is 10.00. The molecule has 0 saturated carbocycles. The van der Waals surface area contributed by atoms with Gasteiger partial charge < -0.3 is 15.2 Å². The number of carbonyl (C=O) groups excluding carboxylic acids is 2. The van der Waals surface area contributed by atoms with Crippen molar-refractivity contribution in [1.82, 2.24) is 20.1 Å². The highest BCUT2D eigenvalue weighted by Crippen LogP contribution is 2.32. The lowest BCUT2D eigenvalue weighted by Crippen LogP contribution is -2.69. The number of allylic oxidation sites excluding steroid dienone is 3. The van der Waals surface area contributed by atoms with Gasteiger partial charge in [0.25, 0.3) is 0 Å². The summed E-state index contributed by atoms with van der Waals surface area (Å²) in [6.07, 6.45) is 6.67. The first-order chi connectivity index (χ1) is 17.6. The molecule has 1 aromatic carbocycles. The monoisotopic (exact) mass is 545 g/mol. The second-order valence-corrected chi connectivity index (χ2v) is 9.62. The molecule has 1 aromatic heterocycles. The zero-order chi connectivity index (χ0) is 26.7. The summed E-state index contributed by atoms with van der Waals surface area (Å²) in [7, 11) is 0. The minimum absolute atomic E-state index is 0.0270. The molecule has 1 saturated heterocycles. The number of nitrogens with one attached hydrogen (secondary N) is 2. The molecule has 1 fully saturated rings. The van der Waals surface area contributed by atoms with Crippen LogP contribution in [0.5, 0.6) is 11.6 Å². The number of rotatable bonds is 8. The van der Waals surface area contributed by atoms with Crippen LogP contribution in [0.15, 0.2) is 59.8 Å². The van der Waals surface area contributed by atoms with Crippen LogP contribution in [0.2, 0.25) is 5.02 Å². The van der Waals surface area contributed by atoms with Gasteiger partial charge in [0.1, 0.15) is 5.75 Å². The van der Waals surface area contributed by atoms with Gasteiger partial charge >= 0.3 is 18.0 Å². The minimum atomic E-state index is -1.09. The van der Waals surface area contributed by atoms with E-state index in [1.165, 1.54) is 23.2 Å². The van der Waals surface area contributed by atoms with Crippen LogP contribution in [0.1, 0.15) is 30.6 Å². The van der Waals surface area contributed by atoms with Gasteiger partial charge in [0, 0.05) is 35.6 Å². The Bertz CT molecular complexity index is 1260.